The Kier molecular flexibility index (Phi) is 3.29. The zero-order valence-electron chi connectivity index (χ0n) is 9.68. The van der Waals surface area contributed by atoms with Crippen LogP contribution in [-0.4, -0.2) is 9.78 Å². The normalized spacial score (nSPS) is 12.6. The van der Waals surface area contributed by atoms with Gasteiger partial charge in [-0.1, -0.05) is 6.92 Å². The number of anilines is 1. The number of rotatable bonds is 5. The lowest BCUT2D eigenvalue weighted by atomic mass is 10.1. The van der Waals surface area contributed by atoms with Crippen LogP contribution in [0.15, 0.2) is 35.2 Å². The molecule has 0 radical (unpaired) electrons. The van der Waals surface area contributed by atoms with Crippen molar-refractivity contribution in [2.24, 2.45) is 0 Å². The molecule has 2 aromatic heterocycles. The maximum absolute atomic E-state index is 5.40. The van der Waals surface area contributed by atoms with Crippen molar-refractivity contribution in [3.8, 4) is 0 Å². The molecule has 0 amide bonds. The lowest BCUT2D eigenvalue weighted by Crippen LogP contribution is -2.08. The van der Waals surface area contributed by atoms with Crippen LogP contribution in [0.25, 0.3) is 0 Å². The molecular formula is C12H17N3O. The standard InChI is InChI=1S/C12H17N3O/c1-3-11(12-6-5-7-16-12)14-10-8-13-15(4-2)9-10/h5-9,11,14H,3-4H2,1-2H3. The number of hydrogen-bond acceptors (Lipinski definition) is 3. The first-order valence-corrected chi connectivity index (χ1v) is 5.65. The fourth-order valence-electron chi connectivity index (χ4n) is 1.68. The molecular weight excluding hydrogens is 202 g/mol. The molecule has 0 saturated carbocycles. The summed E-state index contributed by atoms with van der Waals surface area (Å²) in [4.78, 5) is 0. The van der Waals surface area contributed by atoms with Gasteiger partial charge in [-0.15, -0.1) is 0 Å². The van der Waals surface area contributed by atoms with Gasteiger partial charge in [0.25, 0.3) is 0 Å². The van der Waals surface area contributed by atoms with Crippen LogP contribution in [0.3, 0.4) is 0 Å². The number of nitrogens with one attached hydrogen (secondary N) is 1. The van der Waals surface area contributed by atoms with Crippen LogP contribution >= 0.6 is 0 Å². The van der Waals surface area contributed by atoms with E-state index in [1.54, 1.807) is 6.26 Å². The first-order valence-electron chi connectivity index (χ1n) is 5.65. The van der Waals surface area contributed by atoms with Crippen LogP contribution in [0.2, 0.25) is 0 Å². The first-order chi connectivity index (χ1) is 7.83. The molecule has 86 valence electrons. The van der Waals surface area contributed by atoms with Crippen molar-refractivity contribution in [3.05, 3.63) is 36.5 Å². The van der Waals surface area contributed by atoms with E-state index in [-0.39, 0.29) is 6.04 Å². The Morgan fingerprint density at radius 1 is 1.50 bits per heavy atom. The van der Waals surface area contributed by atoms with E-state index >= 15 is 0 Å². The maximum Gasteiger partial charge on any atom is 0.125 e. The summed E-state index contributed by atoms with van der Waals surface area (Å²) in [5, 5.41) is 7.64. The predicted octanol–water partition coefficient (Wildman–Crippen LogP) is 3.06. The Morgan fingerprint density at radius 2 is 2.38 bits per heavy atom. The second-order valence-electron chi connectivity index (χ2n) is 3.71. The van der Waals surface area contributed by atoms with Gasteiger partial charge in [0, 0.05) is 12.7 Å². The van der Waals surface area contributed by atoms with Crippen molar-refractivity contribution in [1.29, 1.82) is 0 Å². The Labute approximate surface area is 95.3 Å². The minimum Gasteiger partial charge on any atom is -0.467 e. The molecule has 0 saturated heterocycles. The summed E-state index contributed by atoms with van der Waals surface area (Å²) in [6, 6.07) is 4.12. The zero-order chi connectivity index (χ0) is 11.4. The fourth-order valence-corrected chi connectivity index (χ4v) is 1.68. The molecule has 4 nitrogen and oxygen atoms in total. The summed E-state index contributed by atoms with van der Waals surface area (Å²) in [7, 11) is 0. The third kappa shape index (κ3) is 2.27. The molecule has 0 aliphatic rings. The number of aryl methyl sites for hydroxylation is 1. The van der Waals surface area contributed by atoms with E-state index in [1.165, 1.54) is 0 Å². The number of aromatic nitrogens is 2. The average Bonchev–Trinajstić information content (AvgIpc) is 2.96. The van der Waals surface area contributed by atoms with Crippen molar-refractivity contribution in [2.45, 2.75) is 32.9 Å². The van der Waals surface area contributed by atoms with Crippen molar-refractivity contribution in [3.63, 3.8) is 0 Å². The smallest absolute Gasteiger partial charge is 0.125 e. The van der Waals surface area contributed by atoms with Gasteiger partial charge in [-0.25, -0.2) is 0 Å². The van der Waals surface area contributed by atoms with Gasteiger partial charge in [-0.3, -0.25) is 4.68 Å². The number of hydrogen-bond donors (Lipinski definition) is 1. The van der Waals surface area contributed by atoms with E-state index < -0.39 is 0 Å². The summed E-state index contributed by atoms with van der Waals surface area (Å²) in [5.74, 6) is 0.965. The Morgan fingerprint density at radius 3 is 2.94 bits per heavy atom. The van der Waals surface area contributed by atoms with Gasteiger partial charge in [-0.05, 0) is 25.5 Å². The molecule has 1 unspecified atom stereocenters. The van der Waals surface area contributed by atoms with E-state index in [0.29, 0.717) is 0 Å². The molecule has 16 heavy (non-hydrogen) atoms. The summed E-state index contributed by atoms with van der Waals surface area (Å²) < 4.78 is 7.30. The molecule has 0 aromatic carbocycles. The van der Waals surface area contributed by atoms with Gasteiger partial charge in [0.05, 0.1) is 24.2 Å². The third-order valence-electron chi connectivity index (χ3n) is 2.59. The van der Waals surface area contributed by atoms with Crippen molar-refractivity contribution < 1.29 is 4.42 Å². The zero-order valence-corrected chi connectivity index (χ0v) is 9.68. The van der Waals surface area contributed by atoms with Crippen LogP contribution in [0.4, 0.5) is 5.69 Å². The first kappa shape index (κ1) is 10.8. The molecule has 4 heteroatoms. The molecule has 1 N–H and O–H groups in total. The van der Waals surface area contributed by atoms with Gasteiger partial charge in [0.15, 0.2) is 0 Å². The summed E-state index contributed by atoms with van der Waals surface area (Å²) in [5.41, 5.74) is 1.03. The van der Waals surface area contributed by atoms with E-state index in [9.17, 15) is 0 Å². The lowest BCUT2D eigenvalue weighted by molar-refractivity contribution is 0.474. The minimum absolute atomic E-state index is 0.213. The van der Waals surface area contributed by atoms with Crippen molar-refractivity contribution >= 4 is 5.69 Å². The largest absolute Gasteiger partial charge is 0.467 e. The van der Waals surface area contributed by atoms with Crippen LogP contribution in [0.5, 0.6) is 0 Å². The highest BCUT2D eigenvalue weighted by atomic mass is 16.3. The van der Waals surface area contributed by atoms with Crippen LogP contribution in [0, 0.1) is 0 Å². The van der Waals surface area contributed by atoms with E-state index in [0.717, 1.165) is 24.4 Å². The monoisotopic (exact) mass is 219 g/mol. The van der Waals surface area contributed by atoms with Gasteiger partial charge in [0.2, 0.25) is 0 Å². The Balaban J connectivity index is 2.07. The van der Waals surface area contributed by atoms with Gasteiger partial charge in [0.1, 0.15) is 5.76 Å². The maximum atomic E-state index is 5.40. The van der Waals surface area contributed by atoms with Crippen molar-refractivity contribution in [2.75, 3.05) is 5.32 Å². The highest BCUT2D eigenvalue weighted by molar-refractivity contribution is 5.40. The van der Waals surface area contributed by atoms with Gasteiger partial charge in [-0.2, -0.15) is 5.10 Å². The lowest BCUT2D eigenvalue weighted by Gasteiger charge is -2.13. The number of furan rings is 1. The predicted molar refractivity (Wildman–Crippen MR) is 63.3 cm³/mol. The summed E-state index contributed by atoms with van der Waals surface area (Å²) >= 11 is 0. The molecule has 2 heterocycles. The SMILES string of the molecule is CCC(Nc1cnn(CC)c1)c1ccco1. The van der Waals surface area contributed by atoms with E-state index in [2.05, 4.69) is 24.3 Å². The minimum atomic E-state index is 0.213. The average molecular weight is 219 g/mol. The molecule has 1 atom stereocenters. The Bertz CT molecular complexity index is 419. The van der Waals surface area contributed by atoms with Gasteiger partial charge >= 0.3 is 0 Å². The molecule has 0 aliphatic heterocycles. The molecule has 0 aliphatic carbocycles. The molecule has 0 bridgehead atoms. The van der Waals surface area contributed by atoms with Crippen LogP contribution in [-0.2, 0) is 6.54 Å². The molecule has 0 fully saturated rings. The van der Waals surface area contributed by atoms with E-state index in [1.807, 2.05) is 29.2 Å². The summed E-state index contributed by atoms with van der Waals surface area (Å²) in [6.45, 7) is 5.09. The Hall–Kier alpha value is -1.71. The third-order valence-corrected chi connectivity index (χ3v) is 2.59. The van der Waals surface area contributed by atoms with Gasteiger partial charge < -0.3 is 9.73 Å². The van der Waals surface area contributed by atoms with E-state index in [4.69, 9.17) is 4.42 Å². The molecule has 2 aromatic rings. The highest BCUT2D eigenvalue weighted by Crippen LogP contribution is 2.22. The topological polar surface area (TPSA) is 43.0 Å². The summed E-state index contributed by atoms with van der Waals surface area (Å²) in [6.07, 6.45) is 6.53. The quantitative estimate of drug-likeness (QED) is 0.840. The second kappa shape index (κ2) is 4.88. The molecule has 0 spiro atoms. The molecule has 2 rings (SSSR count). The van der Waals surface area contributed by atoms with Crippen LogP contribution in [0.1, 0.15) is 32.1 Å². The number of nitrogens with zero attached hydrogens (tertiary/aromatic N) is 2. The van der Waals surface area contributed by atoms with Crippen molar-refractivity contribution in [1.82, 2.24) is 9.78 Å². The van der Waals surface area contributed by atoms with Crippen LogP contribution < -0.4 is 5.32 Å². The fraction of sp³-hybridized carbons (Fsp3) is 0.417. The highest BCUT2D eigenvalue weighted by Gasteiger charge is 2.12. The second-order valence-corrected chi connectivity index (χ2v) is 3.71.